The molecule has 0 spiro atoms. The lowest BCUT2D eigenvalue weighted by Gasteiger charge is -2.26. The molecule has 0 unspecified atom stereocenters. The first-order valence-corrected chi connectivity index (χ1v) is 9.96. The lowest BCUT2D eigenvalue weighted by Crippen LogP contribution is -2.39. The SMILES string of the molecule is Cc1c(F)cc(C(=O)NC2CCC2)cc1-c1ccc(C(=O)N(C)CC(C)C)nn1. The van der Waals surface area contributed by atoms with Crippen LogP contribution in [0, 0.1) is 18.7 Å². The summed E-state index contributed by atoms with van der Waals surface area (Å²) in [7, 11) is 1.72. The van der Waals surface area contributed by atoms with E-state index in [2.05, 4.69) is 15.5 Å². The molecule has 0 aliphatic heterocycles. The van der Waals surface area contributed by atoms with Crippen molar-refractivity contribution in [3.8, 4) is 11.3 Å². The van der Waals surface area contributed by atoms with Crippen molar-refractivity contribution in [2.45, 2.75) is 46.1 Å². The minimum absolute atomic E-state index is 0.170. The van der Waals surface area contributed by atoms with Gasteiger partial charge in [-0.1, -0.05) is 13.8 Å². The molecule has 0 radical (unpaired) electrons. The van der Waals surface area contributed by atoms with Gasteiger partial charge in [0, 0.05) is 30.8 Å². The van der Waals surface area contributed by atoms with E-state index < -0.39 is 5.82 Å². The van der Waals surface area contributed by atoms with Crippen molar-refractivity contribution in [3.63, 3.8) is 0 Å². The highest BCUT2D eigenvalue weighted by molar-refractivity contribution is 5.96. The summed E-state index contributed by atoms with van der Waals surface area (Å²) in [4.78, 5) is 26.5. The molecule has 1 fully saturated rings. The molecule has 154 valence electrons. The fourth-order valence-corrected chi connectivity index (χ4v) is 3.31. The molecule has 2 aromatic rings. The topological polar surface area (TPSA) is 75.2 Å². The molecular weight excluding hydrogens is 371 g/mol. The Morgan fingerprint density at radius 2 is 1.97 bits per heavy atom. The van der Waals surface area contributed by atoms with Gasteiger partial charge in [-0.2, -0.15) is 0 Å². The predicted octanol–water partition coefficient (Wildman–Crippen LogP) is 3.60. The van der Waals surface area contributed by atoms with Crippen molar-refractivity contribution < 1.29 is 14.0 Å². The molecule has 1 aromatic carbocycles. The number of hydrogen-bond acceptors (Lipinski definition) is 4. The van der Waals surface area contributed by atoms with Crippen LogP contribution in [0.1, 0.15) is 59.5 Å². The average Bonchev–Trinajstić information content (AvgIpc) is 2.65. The Bertz CT molecular complexity index is 908. The van der Waals surface area contributed by atoms with E-state index in [0.717, 1.165) is 19.3 Å². The Balaban J connectivity index is 1.84. The summed E-state index contributed by atoms with van der Waals surface area (Å²) in [5.74, 6) is -0.630. The minimum atomic E-state index is -0.472. The lowest BCUT2D eigenvalue weighted by molar-refractivity contribution is 0.0772. The molecule has 1 heterocycles. The first-order chi connectivity index (χ1) is 13.8. The number of nitrogens with zero attached hydrogens (tertiary/aromatic N) is 3. The van der Waals surface area contributed by atoms with Crippen LogP contribution < -0.4 is 5.32 Å². The molecule has 1 N–H and O–H groups in total. The van der Waals surface area contributed by atoms with Gasteiger partial charge in [-0.3, -0.25) is 9.59 Å². The van der Waals surface area contributed by atoms with E-state index in [1.807, 2.05) is 13.8 Å². The zero-order valence-corrected chi connectivity index (χ0v) is 17.3. The van der Waals surface area contributed by atoms with Gasteiger partial charge in [0.1, 0.15) is 5.82 Å². The first kappa shape index (κ1) is 20.9. The van der Waals surface area contributed by atoms with Crippen LogP contribution in [-0.2, 0) is 0 Å². The van der Waals surface area contributed by atoms with E-state index in [1.165, 1.54) is 6.07 Å². The highest BCUT2D eigenvalue weighted by Crippen LogP contribution is 2.26. The zero-order chi connectivity index (χ0) is 21.1. The average molecular weight is 398 g/mol. The monoisotopic (exact) mass is 398 g/mol. The Morgan fingerprint density at radius 3 is 2.52 bits per heavy atom. The van der Waals surface area contributed by atoms with Gasteiger partial charge in [-0.05, 0) is 61.9 Å². The third-order valence-electron chi connectivity index (χ3n) is 5.19. The fourth-order valence-electron chi connectivity index (χ4n) is 3.31. The van der Waals surface area contributed by atoms with Crippen LogP contribution in [0.2, 0.25) is 0 Å². The fraction of sp³-hybridized carbons (Fsp3) is 0.455. The second kappa shape index (κ2) is 8.68. The Kier molecular flexibility index (Phi) is 6.25. The van der Waals surface area contributed by atoms with E-state index >= 15 is 0 Å². The summed E-state index contributed by atoms with van der Waals surface area (Å²) < 4.78 is 14.5. The second-order valence-corrected chi connectivity index (χ2v) is 8.12. The molecular formula is C22H27FN4O2. The van der Waals surface area contributed by atoms with Crippen molar-refractivity contribution >= 4 is 11.8 Å². The molecule has 7 heteroatoms. The normalized spacial score (nSPS) is 13.9. The molecule has 0 saturated heterocycles. The molecule has 1 aromatic heterocycles. The van der Waals surface area contributed by atoms with Crippen molar-refractivity contribution in [3.05, 3.63) is 46.9 Å². The minimum Gasteiger partial charge on any atom is -0.349 e. The maximum Gasteiger partial charge on any atom is 0.274 e. The van der Waals surface area contributed by atoms with Gasteiger partial charge < -0.3 is 10.2 Å². The quantitative estimate of drug-likeness (QED) is 0.807. The van der Waals surface area contributed by atoms with Gasteiger partial charge >= 0.3 is 0 Å². The van der Waals surface area contributed by atoms with Gasteiger partial charge in [0.2, 0.25) is 0 Å². The number of benzene rings is 1. The van der Waals surface area contributed by atoms with Crippen molar-refractivity contribution in [2.75, 3.05) is 13.6 Å². The molecule has 0 atom stereocenters. The van der Waals surface area contributed by atoms with Crippen molar-refractivity contribution in [1.29, 1.82) is 0 Å². The number of amides is 2. The van der Waals surface area contributed by atoms with Crippen LogP contribution in [0.15, 0.2) is 24.3 Å². The number of nitrogens with one attached hydrogen (secondary N) is 1. The smallest absolute Gasteiger partial charge is 0.274 e. The van der Waals surface area contributed by atoms with Crippen molar-refractivity contribution in [1.82, 2.24) is 20.4 Å². The van der Waals surface area contributed by atoms with E-state index in [9.17, 15) is 14.0 Å². The summed E-state index contributed by atoms with van der Waals surface area (Å²) in [6, 6.07) is 6.27. The summed E-state index contributed by atoms with van der Waals surface area (Å²) in [6.07, 6.45) is 3.02. The lowest BCUT2D eigenvalue weighted by atomic mass is 9.92. The van der Waals surface area contributed by atoms with Crippen LogP contribution in [0.5, 0.6) is 0 Å². The number of hydrogen-bond donors (Lipinski definition) is 1. The molecule has 1 saturated carbocycles. The molecule has 29 heavy (non-hydrogen) atoms. The van der Waals surface area contributed by atoms with E-state index in [-0.39, 0.29) is 29.1 Å². The zero-order valence-electron chi connectivity index (χ0n) is 17.3. The van der Waals surface area contributed by atoms with Crippen LogP contribution in [0.25, 0.3) is 11.3 Å². The maximum absolute atomic E-state index is 14.5. The number of carbonyl (C=O) groups excluding carboxylic acids is 2. The summed E-state index contributed by atoms with van der Waals surface area (Å²) in [5, 5.41) is 11.1. The number of halogens is 1. The van der Waals surface area contributed by atoms with Gasteiger partial charge in [0.25, 0.3) is 11.8 Å². The molecule has 0 bridgehead atoms. The molecule has 3 rings (SSSR count). The number of aromatic nitrogens is 2. The van der Waals surface area contributed by atoms with Gasteiger partial charge in [-0.15, -0.1) is 10.2 Å². The van der Waals surface area contributed by atoms with Crippen LogP contribution in [0.3, 0.4) is 0 Å². The summed E-state index contributed by atoms with van der Waals surface area (Å²) in [5.41, 5.74) is 1.78. The highest BCUT2D eigenvalue weighted by Gasteiger charge is 2.22. The molecule has 6 nitrogen and oxygen atoms in total. The number of rotatable bonds is 6. The molecule has 2 amide bonds. The molecule has 1 aliphatic carbocycles. The van der Waals surface area contributed by atoms with Gasteiger partial charge in [0.05, 0.1) is 5.69 Å². The predicted molar refractivity (Wildman–Crippen MR) is 109 cm³/mol. The van der Waals surface area contributed by atoms with Crippen LogP contribution in [0.4, 0.5) is 4.39 Å². The third kappa shape index (κ3) is 4.78. The Labute approximate surface area is 170 Å². The summed E-state index contributed by atoms with van der Waals surface area (Å²) in [6.45, 7) is 6.31. The van der Waals surface area contributed by atoms with E-state index in [4.69, 9.17) is 0 Å². The van der Waals surface area contributed by atoms with Crippen LogP contribution in [-0.4, -0.2) is 46.5 Å². The largest absolute Gasteiger partial charge is 0.349 e. The van der Waals surface area contributed by atoms with E-state index in [0.29, 0.717) is 29.3 Å². The van der Waals surface area contributed by atoms with Gasteiger partial charge in [0.15, 0.2) is 5.69 Å². The van der Waals surface area contributed by atoms with Gasteiger partial charge in [-0.25, -0.2) is 4.39 Å². The number of carbonyl (C=O) groups is 2. The molecule has 1 aliphatic rings. The van der Waals surface area contributed by atoms with Crippen molar-refractivity contribution in [2.24, 2.45) is 5.92 Å². The first-order valence-electron chi connectivity index (χ1n) is 9.96. The Morgan fingerprint density at radius 1 is 1.24 bits per heavy atom. The second-order valence-electron chi connectivity index (χ2n) is 8.12. The third-order valence-corrected chi connectivity index (χ3v) is 5.19. The standard InChI is InChI=1S/C22H27FN4O2/c1-13(2)12-27(4)22(29)20-9-8-19(25-26-20)17-10-15(11-18(23)14(17)3)21(28)24-16-6-5-7-16/h8-11,13,16H,5-7,12H2,1-4H3,(H,24,28). The van der Waals surface area contributed by atoms with E-state index in [1.54, 1.807) is 37.1 Å². The summed E-state index contributed by atoms with van der Waals surface area (Å²) >= 11 is 0. The highest BCUT2D eigenvalue weighted by atomic mass is 19.1. The Hall–Kier alpha value is -2.83. The maximum atomic E-state index is 14.5. The van der Waals surface area contributed by atoms with Crippen LogP contribution >= 0.6 is 0 Å².